The summed E-state index contributed by atoms with van der Waals surface area (Å²) < 4.78 is 7.92. The molecule has 0 aliphatic carbocycles. The Kier molecular flexibility index (Phi) is 4.08. The summed E-state index contributed by atoms with van der Waals surface area (Å²) in [5.41, 5.74) is 1.79. The average Bonchev–Trinajstić information content (AvgIpc) is 3.17. The van der Waals surface area contributed by atoms with Gasteiger partial charge in [-0.1, -0.05) is 0 Å². The van der Waals surface area contributed by atoms with Crippen LogP contribution in [-0.2, 0) is 9.59 Å². The van der Waals surface area contributed by atoms with Crippen LogP contribution in [0.2, 0.25) is 0 Å². The average molecular weight is 450 g/mol. The van der Waals surface area contributed by atoms with Gasteiger partial charge in [-0.25, -0.2) is 0 Å². The molecule has 2 aliphatic heterocycles. The van der Waals surface area contributed by atoms with Crippen LogP contribution in [0, 0.1) is 0 Å². The Bertz CT molecular complexity index is 1150. The third-order valence-electron chi connectivity index (χ3n) is 4.50. The van der Waals surface area contributed by atoms with E-state index in [1.807, 2.05) is 60.7 Å². The van der Waals surface area contributed by atoms with Crippen LogP contribution in [0.3, 0.4) is 0 Å². The molecule has 1 aromatic heterocycles. The number of hydrogen-bond donors (Lipinski definition) is 2. The van der Waals surface area contributed by atoms with Gasteiger partial charge < -0.3 is 0 Å². The molecular formula is C21H13N3O4Se. The Morgan fingerprint density at radius 3 is 2.00 bits per heavy atom. The van der Waals surface area contributed by atoms with Gasteiger partial charge in [-0.15, -0.1) is 0 Å². The zero-order chi connectivity index (χ0) is 20.0. The number of hydrogen-bond acceptors (Lipinski definition) is 5. The summed E-state index contributed by atoms with van der Waals surface area (Å²) in [6, 6.07) is 18.7. The number of ether oxygens (including phenoxy) is 1. The van der Waals surface area contributed by atoms with Crippen LogP contribution in [0.15, 0.2) is 66.2 Å². The summed E-state index contributed by atoms with van der Waals surface area (Å²) >= 11 is -0.160. The van der Waals surface area contributed by atoms with Crippen molar-refractivity contribution in [3.8, 4) is 11.5 Å². The number of urea groups is 1. The first-order valence-corrected chi connectivity index (χ1v) is 10.5. The number of rotatable bonds is 2. The van der Waals surface area contributed by atoms with Gasteiger partial charge >= 0.3 is 171 Å². The second-order valence-corrected chi connectivity index (χ2v) is 8.64. The van der Waals surface area contributed by atoms with Crippen LogP contribution in [0.25, 0.3) is 6.08 Å². The number of imide groups is 2. The zero-order valence-corrected chi connectivity index (χ0v) is 16.6. The van der Waals surface area contributed by atoms with Gasteiger partial charge in [0, 0.05) is 0 Å². The van der Waals surface area contributed by atoms with Gasteiger partial charge in [-0.2, -0.15) is 0 Å². The third-order valence-corrected chi connectivity index (χ3v) is 6.63. The summed E-state index contributed by atoms with van der Waals surface area (Å²) in [5.74, 6) is 0.149. The summed E-state index contributed by atoms with van der Waals surface area (Å²) in [7, 11) is 0. The normalized spacial score (nSPS) is 15.1. The molecule has 2 aliphatic rings. The molecule has 1 fully saturated rings. The van der Waals surface area contributed by atoms with Crippen molar-refractivity contribution in [3.63, 3.8) is 0 Å². The molecule has 3 heterocycles. The molecule has 3 aromatic rings. The maximum absolute atomic E-state index is 12.0. The molecule has 2 aromatic carbocycles. The SMILES string of the molecule is O=C1NC(=O)C(=Cc2ccc(N3c4ccccc4Oc4ccccc43)[se]2)C(=O)N1. The van der Waals surface area contributed by atoms with E-state index in [1.165, 1.54) is 0 Å². The maximum atomic E-state index is 12.0. The van der Waals surface area contributed by atoms with Crippen LogP contribution in [-0.4, -0.2) is 32.3 Å². The number of barbiturate groups is 1. The first kappa shape index (κ1) is 17.5. The molecule has 0 radical (unpaired) electrons. The number of nitrogens with one attached hydrogen (secondary N) is 2. The Morgan fingerprint density at radius 2 is 1.38 bits per heavy atom. The van der Waals surface area contributed by atoms with Crippen LogP contribution >= 0.6 is 0 Å². The third kappa shape index (κ3) is 3.04. The molecule has 0 atom stereocenters. The molecule has 1 saturated heterocycles. The molecule has 0 saturated carbocycles. The molecule has 29 heavy (non-hydrogen) atoms. The Morgan fingerprint density at radius 1 is 0.793 bits per heavy atom. The Labute approximate surface area is 171 Å². The number of nitrogens with zero attached hydrogens (tertiary/aromatic N) is 1. The standard InChI is InChI=1S/C21H13N3O4Se/c25-19-13(20(26)23-21(27)22-19)11-12-9-10-18(29-12)24-14-5-1-3-7-16(14)28-17-8-4-2-6-15(17)24/h1-11H,(H2,22,23,25,26,27). The molecule has 4 amide bonds. The second-order valence-electron chi connectivity index (χ2n) is 6.34. The van der Waals surface area contributed by atoms with E-state index in [9.17, 15) is 14.4 Å². The molecule has 0 bridgehead atoms. The Balaban J connectivity index is 1.56. The predicted molar refractivity (Wildman–Crippen MR) is 108 cm³/mol. The van der Waals surface area contributed by atoms with Crippen LogP contribution in [0.1, 0.15) is 4.44 Å². The van der Waals surface area contributed by atoms with Crippen molar-refractivity contribution >= 4 is 54.4 Å². The van der Waals surface area contributed by atoms with Gasteiger partial charge in [-0.05, 0) is 0 Å². The van der Waals surface area contributed by atoms with Gasteiger partial charge in [0.25, 0.3) is 0 Å². The van der Waals surface area contributed by atoms with E-state index in [1.54, 1.807) is 6.08 Å². The van der Waals surface area contributed by atoms with Crippen molar-refractivity contribution in [2.24, 2.45) is 0 Å². The fourth-order valence-corrected chi connectivity index (χ4v) is 5.28. The van der Waals surface area contributed by atoms with E-state index < -0.39 is 17.8 Å². The summed E-state index contributed by atoms with van der Waals surface area (Å²) in [5, 5.41) is 4.18. The fraction of sp³-hybridized carbons (Fsp3) is 0. The fourth-order valence-electron chi connectivity index (χ4n) is 3.23. The summed E-state index contributed by atoms with van der Waals surface area (Å²) in [4.78, 5) is 37.3. The van der Waals surface area contributed by atoms with Crippen molar-refractivity contribution in [1.82, 2.24) is 10.6 Å². The number of carbonyl (C=O) groups excluding carboxylic acids is 3. The number of para-hydroxylation sites is 4. The van der Waals surface area contributed by atoms with E-state index in [0.717, 1.165) is 31.9 Å². The van der Waals surface area contributed by atoms with Crippen LogP contribution < -0.4 is 20.3 Å². The van der Waals surface area contributed by atoms with E-state index in [0.29, 0.717) is 0 Å². The minimum absolute atomic E-state index is 0.0739. The molecule has 142 valence electrons. The van der Waals surface area contributed by atoms with Gasteiger partial charge in [-0.3, -0.25) is 0 Å². The molecule has 7 nitrogen and oxygen atoms in total. The second kappa shape index (κ2) is 6.77. The monoisotopic (exact) mass is 451 g/mol. The van der Waals surface area contributed by atoms with Crippen LogP contribution in [0.4, 0.5) is 20.7 Å². The molecule has 5 rings (SSSR count). The van der Waals surface area contributed by atoms with Gasteiger partial charge in [0.2, 0.25) is 0 Å². The van der Waals surface area contributed by atoms with Gasteiger partial charge in [0.15, 0.2) is 0 Å². The molecular weight excluding hydrogens is 437 g/mol. The number of anilines is 3. The van der Waals surface area contributed by atoms with Gasteiger partial charge in [0.05, 0.1) is 0 Å². The first-order chi connectivity index (χ1) is 14.1. The van der Waals surface area contributed by atoms with Gasteiger partial charge in [0.1, 0.15) is 0 Å². The summed E-state index contributed by atoms with van der Waals surface area (Å²) in [6.07, 6.45) is 1.54. The van der Waals surface area contributed by atoms with Crippen molar-refractivity contribution < 1.29 is 19.1 Å². The number of amides is 4. The molecule has 0 spiro atoms. The molecule has 2 N–H and O–H groups in total. The van der Waals surface area contributed by atoms with Crippen molar-refractivity contribution in [3.05, 3.63) is 70.7 Å². The van der Waals surface area contributed by atoms with E-state index in [2.05, 4.69) is 15.5 Å². The van der Waals surface area contributed by atoms with Crippen LogP contribution in [0.5, 0.6) is 11.5 Å². The van der Waals surface area contributed by atoms with Crippen molar-refractivity contribution in [2.45, 2.75) is 0 Å². The van der Waals surface area contributed by atoms with E-state index in [4.69, 9.17) is 4.74 Å². The zero-order valence-electron chi connectivity index (χ0n) is 14.8. The number of benzene rings is 2. The Hall–Kier alpha value is -3.61. The van der Waals surface area contributed by atoms with Crippen molar-refractivity contribution in [2.75, 3.05) is 4.90 Å². The van der Waals surface area contributed by atoms with E-state index in [-0.39, 0.29) is 20.1 Å². The summed E-state index contributed by atoms with van der Waals surface area (Å²) in [6.45, 7) is 0. The number of carbonyl (C=O) groups is 3. The van der Waals surface area contributed by atoms with Crippen molar-refractivity contribution in [1.29, 1.82) is 0 Å². The topological polar surface area (TPSA) is 87.7 Å². The number of fused-ring (bicyclic) bond motifs is 2. The van der Waals surface area contributed by atoms with E-state index >= 15 is 0 Å². The molecule has 8 heteroatoms. The first-order valence-electron chi connectivity index (χ1n) is 8.74. The minimum atomic E-state index is -0.802. The molecule has 0 unspecified atom stereocenters. The quantitative estimate of drug-likeness (QED) is 0.279. The predicted octanol–water partition coefficient (Wildman–Crippen LogP) is 3.07.